The van der Waals surface area contributed by atoms with Gasteiger partial charge in [0.05, 0.1) is 22.5 Å². The number of hydrogen-bond acceptors (Lipinski definition) is 6. The second-order valence-corrected chi connectivity index (χ2v) is 9.38. The third kappa shape index (κ3) is 5.69. The van der Waals surface area contributed by atoms with Crippen molar-refractivity contribution >= 4 is 34.0 Å². The first-order valence-corrected chi connectivity index (χ1v) is 12.5. The number of rotatable bonds is 9. The number of likely N-dealkylation sites (tertiary alicyclic amines) is 1. The molecule has 1 fully saturated rings. The molecule has 3 aromatic carbocycles. The lowest BCUT2D eigenvalue weighted by atomic mass is 10.1. The summed E-state index contributed by atoms with van der Waals surface area (Å²) in [5, 5.41) is 4.60. The highest BCUT2D eigenvalue weighted by molar-refractivity contribution is 6.32. The zero-order valence-corrected chi connectivity index (χ0v) is 20.8. The van der Waals surface area contributed by atoms with E-state index in [-0.39, 0.29) is 12.4 Å². The van der Waals surface area contributed by atoms with Gasteiger partial charge in [0, 0.05) is 11.7 Å². The lowest BCUT2D eigenvalue weighted by Gasteiger charge is -2.20. The Bertz CT molecular complexity index is 1350. The highest BCUT2D eigenvalue weighted by Gasteiger charge is 2.20. The molecule has 0 saturated carbocycles. The lowest BCUT2D eigenvalue weighted by molar-refractivity contribution is 0.235. The number of aromatic nitrogens is 2. The summed E-state index contributed by atoms with van der Waals surface area (Å²) < 4.78 is 25.4. The molecule has 0 spiro atoms. The summed E-state index contributed by atoms with van der Waals surface area (Å²) in [5.41, 5.74) is 2.28. The predicted molar refractivity (Wildman–Crippen MR) is 141 cm³/mol. The van der Waals surface area contributed by atoms with Crippen LogP contribution in [0.4, 0.5) is 15.9 Å². The van der Waals surface area contributed by atoms with Crippen molar-refractivity contribution in [2.75, 3.05) is 25.5 Å². The Labute approximate surface area is 215 Å². The van der Waals surface area contributed by atoms with Crippen LogP contribution >= 0.6 is 11.6 Å². The number of nitrogens with zero attached hydrogens (tertiary/aromatic N) is 3. The Morgan fingerprint density at radius 2 is 1.94 bits per heavy atom. The van der Waals surface area contributed by atoms with Crippen molar-refractivity contribution in [2.45, 2.75) is 31.9 Å². The summed E-state index contributed by atoms with van der Waals surface area (Å²) in [6, 6.07) is 18.1. The van der Waals surface area contributed by atoms with E-state index in [0.717, 1.165) is 40.9 Å². The van der Waals surface area contributed by atoms with Gasteiger partial charge in [0.15, 0.2) is 0 Å². The molecule has 5 rings (SSSR count). The molecule has 4 aromatic rings. The van der Waals surface area contributed by atoms with Gasteiger partial charge in [-0.3, -0.25) is 0 Å². The van der Waals surface area contributed by atoms with Crippen molar-refractivity contribution < 1.29 is 13.9 Å². The average molecular weight is 507 g/mol. The van der Waals surface area contributed by atoms with Crippen LogP contribution in [-0.2, 0) is 6.61 Å². The van der Waals surface area contributed by atoms with Crippen LogP contribution in [0.15, 0.2) is 67.0 Å². The first kappa shape index (κ1) is 24.3. The molecule has 0 amide bonds. The third-order valence-corrected chi connectivity index (χ3v) is 6.78. The molecule has 1 saturated heterocycles. The van der Waals surface area contributed by atoms with Gasteiger partial charge in [0.2, 0.25) is 0 Å². The molecule has 1 N–H and O–H groups in total. The Kier molecular flexibility index (Phi) is 7.49. The molecule has 1 atom stereocenters. The van der Waals surface area contributed by atoms with E-state index >= 15 is 0 Å². The highest BCUT2D eigenvalue weighted by atomic mass is 35.5. The molecule has 186 valence electrons. The van der Waals surface area contributed by atoms with Crippen LogP contribution in [0.3, 0.4) is 0 Å². The number of benzene rings is 3. The molecule has 36 heavy (non-hydrogen) atoms. The summed E-state index contributed by atoms with van der Waals surface area (Å²) in [6.45, 7) is 2.00. The molecule has 0 bridgehead atoms. The Morgan fingerprint density at radius 3 is 2.75 bits per heavy atom. The summed E-state index contributed by atoms with van der Waals surface area (Å²) in [6.07, 6.45) is 4.97. The molecule has 1 aliphatic rings. The first-order chi connectivity index (χ1) is 17.6. The largest absolute Gasteiger partial charge is 0.493 e. The number of halogens is 2. The van der Waals surface area contributed by atoms with Gasteiger partial charge in [0.25, 0.3) is 0 Å². The van der Waals surface area contributed by atoms with E-state index < -0.39 is 0 Å². The standard InChI is InChI=1S/C28H28ClFN4O2/c1-34-13-4-7-22(34)12-14-35-26-9-3-8-24-27(26)28(32-18-31-24)33-21-10-11-25(23(29)16-21)36-17-19-5-2-6-20(30)15-19/h2-3,5-6,8-11,15-16,18,22H,4,7,12-14,17H2,1H3,(H,31,32,33). The van der Waals surface area contributed by atoms with Gasteiger partial charge < -0.3 is 19.7 Å². The SMILES string of the molecule is CN1CCCC1CCOc1cccc2ncnc(Nc3ccc(OCc4cccc(F)c4)c(Cl)c3)c12. The second kappa shape index (κ2) is 11.1. The molecule has 0 aliphatic carbocycles. The van der Waals surface area contributed by atoms with Gasteiger partial charge in [-0.15, -0.1) is 0 Å². The maximum Gasteiger partial charge on any atom is 0.145 e. The molecular formula is C28H28ClFN4O2. The van der Waals surface area contributed by atoms with Crippen LogP contribution < -0.4 is 14.8 Å². The number of nitrogens with one attached hydrogen (secondary N) is 1. The average Bonchev–Trinajstić information content (AvgIpc) is 3.28. The van der Waals surface area contributed by atoms with Crippen LogP contribution in [0.2, 0.25) is 5.02 Å². The van der Waals surface area contributed by atoms with Crippen LogP contribution in [-0.4, -0.2) is 41.1 Å². The van der Waals surface area contributed by atoms with E-state index in [0.29, 0.717) is 29.2 Å². The molecule has 6 nitrogen and oxygen atoms in total. The predicted octanol–water partition coefficient (Wildman–Crippen LogP) is 6.61. The van der Waals surface area contributed by atoms with Gasteiger partial charge in [-0.2, -0.15) is 0 Å². The first-order valence-electron chi connectivity index (χ1n) is 12.1. The lowest BCUT2D eigenvalue weighted by Crippen LogP contribution is -2.26. The molecule has 2 heterocycles. The summed E-state index contributed by atoms with van der Waals surface area (Å²) >= 11 is 6.48. The Morgan fingerprint density at radius 1 is 1.06 bits per heavy atom. The molecule has 0 radical (unpaired) electrons. The molecular weight excluding hydrogens is 479 g/mol. The van der Waals surface area contributed by atoms with Crippen molar-refractivity contribution in [1.29, 1.82) is 0 Å². The van der Waals surface area contributed by atoms with E-state index in [1.807, 2.05) is 24.3 Å². The highest BCUT2D eigenvalue weighted by Crippen LogP contribution is 2.34. The maximum absolute atomic E-state index is 13.4. The van der Waals surface area contributed by atoms with Gasteiger partial charge in [0.1, 0.15) is 36.1 Å². The molecule has 8 heteroatoms. The normalized spacial score (nSPS) is 15.8. The van der Waals surface area contributed by atoms with E-state index in [2.05, 4.69) is 27.2 Å². The van der Waals surface area contributed by atoms with Gasteiger partial charge >= 0.3 is 0 Å². The van der Waals surface area contributed by atoms with Crippen LogP contribution in [0, 0.1) is 5.82 Å². The Hall–Kier alpha value is -3.42. The third-order valence-electron chi connectivity index (χ3n) is 6.48. The van der Waals surface area contributed by atoms with Crippen LogP contribution in [0.5, 0.6) is 11.5 Å². The van der Waals surface area contributed by atoms with Crippen molar-refractivity contribution in [3.63, 3.8) is 0 Å². The minimum atomic E-state index is -0.298. The van der Waals surface area contributed by atoms with E-state index in [1.165, 1.54) is 31.3 Å². The minimum absolute atomic E-state index is 0.220. The van der Waals surface area contributed by atoms with Gasteiger partial charge in [-0.1, -0.05) is 29.8 Å². The summed E-state index contributed by atoms with van der Waals surface area (Å²) in [5.74, 6) is 1.60. The fraction of sp³-hybridized carbons (Fsp3) is 0.286. The fourth-order valence-corrected chi connectivity index (χ4v) is 4.80. The topological polar surface area (TPSA) is 59.5 Å². The Balaban J connectivity index is 1.30. The minimum Gasteiger partial charge on any atom is -0.493 e. The van der Waals surface area contributed by atoms with E-state index in [9.17, 15) is 4.39 Å². The van der Waals surface area contributed by atoms with Crippen molar-refractivity contribution in [2.24, 2.45) is 0 Å². The number of ether oxygens (including phenoxy) is 2. The van der Waals surface area contributed by atoms with Crippen molar-refractivity contribution in [3.8, 4) is 11.5 Å². The van der Waals surface area contributed by atoms with Crippen molar-refractivity contribution in [1.82, 2.24) is 14.9 Å². The number of anilines is 2. The van der Waals surface area contributed by atoms with Crippen molar-refractivity contribution in [3.05, 3.63) is 83.4 Å². The van der Waals surface area contributed by atoms with E-state index in [4.69, 9.17) is 21.1 Å². The monoisotopic (exact) mass is 506 g/mol. The van der Waals surface area contributed by atoms with E-state index in [1.54, 1.807) is 24.3 Å². The quantitative estimate of drug-likeness (QED) is 0.276. The maximum atomic E-state index is 13.4. The molecule has 1 aromatic heterocycles. The summed E-state index contributed by atoms with van der Waals surface area (Å²) in [7, 11) is 2.17. The zero-order chi connectivity index (χ0) is 24.9. The van der Waals surface area contributed by atoms with Crippen LogP contribution in [0.1, 0.15) is 24.8 Å². The number of hydrogen-bond donors (Lipinski definition) is 1. The smallest absolute Gasteiger partial charge is 0.145 e. The molecule has 1 unspecified atom stereocenters. The van der Waals surface area contributed by atoms with Crippen LogP contribution in [0.25, 0.3) is 10.9 Å². The second-order valence-electron chi connectivity index (χ2n) is 8.98. The zero-order valence-electron chi connectivity index (χ0n) is 20.1. The van der Waals surface area contributed by atoms with Gasteiger partial charge in [-0.25, -0.2) is 14.4 Å². The number of fused-ring (bicyclic) bond motifs is 1. The van der Waals surface area contributed by atoms with Gasteiger partial charge in [-0.05, 0) is 80.9 Å². The fourth-order valence-electron chi connectivity index (χ4n) is 4.56. The summed E-state index contributed by atoms with van der Waals surface area (Å²) in [4.78, 5) is 11.3. The molecule has 1 aliphatic heterocycles.